The van der Waals surface area contributed by atoms with Crippen LogP contribution in [0.15, 0.2) is 42.5 Å². The standard InChI is InChI=1S/C16H16ClN3/c1-11-3-2-4-14-15(11)20(16(18)19-14)10-9-12-5-7-13(17)8-6-12/h2-8H,9-10H2,1H3,(H2,18,19). The van der Waals surface area contributed by atoms with Gasteiger partial charge < -0.3 is 10.3 Å². The fourth-order valence-corrected chi connectivity index (χ4v) is 2.63. The second-order valence-electron chi connectivity index (χ2n) is 4.94. The van der Waals surface area contributed by atoms with Crippen molar-refractivity contribution in [2.24, 2.45) is 0 Å². The highest BCUT2D eigenvalue weighted by molar-refractivity contribution is 6.30. The normalized spacial score (nSPS) is 11.1. The molecule has 0 aliphatic heterocycles. The molecule has 0 unspecified atom stereocenters. The molecule has 3 rings (SSSR count). The zero-order valence-electron chi connectivity index (χ0n) is 11.3. The molecule has 0 bridgehead atoms. The zero-order valence-corrected chi connectivity index (χ0v) is 12.1. The lowest BCUT2D eigenvalue weighted by Gasteiger charge is -2.08. The van der Waals surface area contributed by atoms with Gasteiger partial charge in [-0.15, -0.1) is 0 Å². The predicted molar refractivity (Wildman–Crippen MR) is 84.0 cm³/mol. The molecule has 0 spiro atoms. The van der Waals surface area contributed by atoms with E-state index >= 15 is 0 Å². The lowest BCUT2D eigenvalue weighted by Crippen LogP contribution is -2.06. The SMILES string of the molecule is Cc1cccc2nc(N)n(CCc3ccc(Cl)cc3)c12. The third kappa shape index (κ3) is 2.37. The van der Waals surface area contributed by atoms with Gasteiger partial charge in [0.15, 0.2) is 0 Å². The first kappa shape index (κ1) is 13.0. The summed E-state index contributed by atoms with van der Waals surface area (Å²) in [5.74, 6) is 0.572. The summed E-state index contributed by atoms with van der Waals surface area (Å²) in [6.07, 6.45) is 0.904. The average molecular weight is 286 g/mol. The Labute approximate surface area is 123 Å². The van der Waals surface area contributed by atoms with Crippen molar-refractivity contribution in [2.45, 2.75) is 19.9 Å². The van der Waals surface area contributed by atoms with E-state index < -0.39 is 0 Å². The second kappa shape index (κ2) is 5.17. The number of hydrogen-bond donors (Lipinski definition) is 1. The maximum absolute atomic E-state index is 6.04. The van der Waals surface area contributed by atoms with Gasteiger partial charge >= 0.3 is 0 Å². The summed E-state index contributed by atoms with van der Waals surface area (Å²) in [5.41, 5.74) is 10.6. The summed E-state index contributed by atoms with van der Waals surface area (Å²) in [6.45, 7) is 2.90. The van der Waals surface area contributed by atoms with Crippen LogP contribution in [-0.2, 0) is 13.0 Å². The number of imidazole rings is 1. The van der Waals surface area contributed by atoms with Gasteiger partial charge in [-0.1, -0.05) is 35.9 Å². The number of aryl methyl sites for hydroxylation is 3. The van der Waals surface area contributed by atoms with Crippen molar-refractivity contribution in [3.63, 3.8) is 0 Å². The minimum Gasteiger partial charge on any atom is -0.369 e. The topological polar surface area (TPSA) is 43.8 Å². The monoisotopic (exact) mass is 285 g/mol. The maximum Gasteiger partial charge on any atom is 0.201 e. The first-order valence-electron chi connectivity index (χ1n) is 6.61. The van der Waals surface area contributed by atoms with Gasteiger partial charge in [0.05, 0.1) is 11.0 Å². The lowest BCUT2D eigenvalue weighted by atomic mass is 10.1. The highest BCUT2D eigenvalue weighted by Crippen LogP contribution is 2.22. The number of aromatic nitrogens is 2. The van der Waals surface area contributed by atoms with Crippen LogP contribution in [0, 0.1) is 6.92 Å². The van der Waals surface area contributed by atoms with Crippen molar-refractivity contribution in [1.82, 2.24) is 9.55 Å². The van der Waals surface area contributed by atoms with Gasteiger partial charge in [0, 0.05) is 11.6 Å². The van der Waals surface area contributed by atoms with Gasteiger partial charge in [-0.2, -0.15) is 0 Å². The second-order valence-corrected chi connectivity index (χ2v) is 5.38. The van der Waals surface area contributed by atoms with Crippen molar-refractivity contribution < 1.29 is 0 Å². The van der Waals surface area contributed by atoms with Crippen LogP contribution in [0.25, 0.3) is 11.0 Å². The molecule has 3 nitrogen and oxygen atoms in total. The van der Waals surface area contributed by atoms with Gasteiger partial charge in [-0.25, -0.2) is 4.98 Å². The number of anilines is 1. The molecule has 0 saturated heterocycles. The predicted octanol–water partition coefficient (Wildman–Crippen LogP) is 3.82. The molecule has 0 amide bonds. The van der Waals surface area contributed by atoms with E-state index in [1.165, 1.54) is 11.1 Å². The van der Waals surface area contributed by atoms with Gasteiger partial charge in [0.25, 0.3) is 0 Å². The number of benzene rings is 2. The third-order valence-corrected chi connectivity index (χ3v) is 3.79. The number of nitrogens with two attached hydrogens (primary N) is 1. The fourth-order valence-electron chi connectivity index (χ4n) is 2.50. The lowest BCUT2D eigenvalue weighted by molar-refractivity contribution is 0.725. The summed E-state index contributed by atoms with van der Waals surface area (Å²) in [5, 5.41) is 0.761. The van der Waals surface area contributed by atoms with Crippen molar-refractivity contribution in [1.29, 1.82) is 0 Å². The van der Waals surface area contributed by atoms with Crippen LogP contribution in [0.2, 0.25) is 5.02 Å². The number of nitrogens with zero attached hydrogens (tertiary/aromatic N) is 2. The van der Waals surface area contributed by atoms with E-state index in [-0.39, 0.29) is 0 Å². The summed E-state index contributed by atoms with van der Waals surface area (Å²) >= 11 is 5.90. The molecule has 0 fully saturated rings. The Bertz CT molecular complexity index is 744. The van der Waals surface area contributed by atoms with Gasteiger partial charge in [0.1, 0.15) is 0 Å². The van der Waals surface area contributed by atoms with E-state index in [1.807, 2.05) is 36.4 Å². The Kier molecular flexibility index (Phi) is 3.36. The van der Waals surface area contributed by atoms with Crippen LogP contribution in [0.5, 0.6) is 0 Å². The molecule has 1 aromatic heterocycles. The molecule has 20 heavy (non-hydrogen) atoms. The quantitative estimate of drug-likeness (QED) is 0.795. The molecule has 1 heterocycles. The molecular weight excluding hydrogens is 270 g/mol. The Morgan fingerprint density at radius 2 is 1.90 bits per heavy atom. The van der Waals surface area contributed by atoms with Crippen LogP contribution >= 0.6 is 11.6 Å². The van der Waals surface area contributed by atoms with Gasteiger partial charge in [0.2, 0.25) is 5.95 Å². The molecule has 0 saturated carbocycles. The van der Waals surface area contributed by atoms with Crippen molar-refractivity contribution in [3.05, 3.63) is 58.6 Å². The molecule has 0 aliphatic rings. The molecule has 0 radical (unpaired) electrons. The molecule has 2 aromatic carbocycles. The Morgan fingerprint density at radius 1 is 1.15 bits per heavy atom. The van der Waals surface area contributed by atoms with Gasteiger partial charge in [-0.3, -0.25) is 0 Å². The smallest absolute Gasteiger partial charge is 0.201 e. The first-order chi connectivity index (χ1) is 9.65. The van der Waals surface area contributed by atoms with E-state index in [0.29, 0.717) is 5.95 Å². The molecular formula is C16H16ClN3. The number of para-hydroxylation sites is 1. The van der Waals surface area contributed by atoms with E-state index in [1.54, 1.807) is 0 Å². The van der Waals surface area contributed by atoms with Crippen molar-refractivity contribution >= 4 is 28.6 Å². The molecule has 2 N–H and O–H groups in total. The van der Waals surface area contributed by atoms with Crippen LogP contribution in [-0.4, -0.2) is 9.55 Å². The Hall–Kier alpha value is -2.00. The number of fused-ring (bicyclic) bond motifs is 1. The largest absolute Gasteiger partial charge is 0.369 e. The summed E-state index contributed by atoms with van der Waals surface area (Å²) < 4.78 is 2.08. The van der Waals surface area contributed by atoms with E-state index in [4.69, 9.17) is 17.3 Å². The van der Waals surface area contributed by atoms with Gasteiger partial charge in [-0.05, 0) is 42.7 Å². The van der Waals surface area contributed by atoms with Crippen LogP contribution in [0.1, 0.15) is 11.1 Å². The maximum atomic E-state index is 6.04. The molecule has 0 atom stereocenters. The fraction of sp³-hybridized carbons (Fsp3) is 0.188. The summed E-state index contributed by atoms with van der Waals surface area (Å²) in [6, 6.07) is 14.0. The first-order valence-corrected chi connectivity index (χ1v) is 6.99. The number of rotatable bonds is 3. The highest BCUT2D eigenvalue weighted by atomic mass is 35.5. The van der Waals surface area contributed by atoms with E-state index in [0.717, 1.165) is 29.0 Å². The van der Waals surface area contributed by atoms with E-state index in [2.05, 4.69) is 22.5 Å². The third-order valence-electron chi connectivity index (χ3n) is 3.54. The van der Waals surface area contributed by atoms with Crippen LogP contribution in [0.3, 0.4) is 0 Å². The van der Waals surface area contributed by atoms with Crippen LogP contribution < -0.4 is 5.73 Å². The molecule has 0 aliphatic carbocycles. The molecule has 102 valence electrons. The number of hydrogen-bond acceptors (Lipinski definition) is 2. The highest BCUT2D eigenvalue weighted by Gasteiger charge is 2.09. The van der Waals surface area contributed by atoms with Crippen molar-refractivity contribution in [3.8, 4) is 0 Å². The number of nitrogen functional groups attached to an aromatic ring is 1. The molecule has 3 aromatic rings. The minimum atomic E-state index is 0.572. The number of halogens is 1. The Morgan fingerprint density at radius 3 is 2.65 bits per heavy atom. The van der Waals surface area contributed by atoms with E-state index in [9.17, 15) is 0 Å². The summed E-state index contributed by atoms with van der Waals surface area (Å²) in [7, 11) is 0. The minimum absolute atomic E-state index is 0.572. The average Bonchev–Trinajstić information content (AvgIpc) is 2.75. The van der Waals surface area contributed by atoms with Crippen molar-refractivity contribution in [2.75, 3.05) is 5.73 Å². The van der Waals surface area contributed by atoms with Crippen LogP contribution in [0.4, 0.5) is 5.95 Å². The zero-order chi connectivity index (χ0) is 14.1. The summed E-state index contributed by atoms with van der Waals surface area (Å²) in [4.78, 5) is 4.42. The Balaban J connectivity index is 1.91. The molecule has 4 heteroatoms.